The summed E-state index contributed by atoms with van der Waals surface area (Å²) in [5.74, 6) is 0.749. The minimum Gasteiger partial charge on any atom is -0.487 e. The van der Waals surface area contributed by atoms with Crippen LogP contribution in [-0.4, -0.2) is 30.1 Å². The van der Waals surface area contributed by atoms with E-state index in [9.17, 15) is 0 Å². The maximum absolute atomic E-state index is 8.71. The van der Waals surface area contributed by atoms with Gasteiger partial charge in [0.1, 0.15) is 11.9 Å². The number of nitrogens with zero attached hydrogens (tertiary/aromatic N) is 2. The first kappa shape index (κ1) is 13.2. The van der Waals surface area contributed by atoms with Gasteiger partial charge in [0.15, 0.2) is 0 Å². The normalized spacial score (nSPS) is 21.5. The highest BCUT2D eigenvalue weighted by Crippen LogP contribution is 2.27. The van der Waals surface area contributed by atoms with Crippen molar-refractivity contribution in [2.24, 2.45) is 0 Å². The van der Waals surface area contributed by atoms with Crippen LogP contribution < -0.4 is 4.74 Å². The van der Waals surface area contributed by atoms with Gasteiger partial charge in [0.05, 0.1) is 17.5 Å². The lowest BCUT2D eigenvalue weighted by Gasteiger charge is -2.22. The molecule has 0 aromatic heterocycles. The first-order valence-electron chi connectivity index (χ1n) is 6.23. The summed E-state index contributed by atoms with van der Waals surface area (Å²) >= 11 is 6.07. The Morgan fingerprint density at radius 1 is 1.56 bits per heavy atom. The van der Waals surface area contributed by atoms with Gasteiger partial charge in [0.2, 0.25) is 0 Å². The van der Waals surface area contributed by atoms with Crippen LogP contribution in [0.15, 0.2) is 24.3 Å². The van der Waals surface area contributed by atoms with Crippen molar-refractivity contribution in [3.05, 3.63) is 29.3 Å². The van der Waals surface area contributed by atoms with E-state index in [-0.39, 0.29) is 6.10 Å². The van der Waals surface area contributed by atoms with E-state index >= 15 is 0 Å². The zero-order valence-electron chi connectivity index (χ0n) is 10.5. The van der Waals surface area contributed by atoms with E-state index in [1.165, 1.54) is 0 Å². The van der Waals surface area contributed by atoms with E-state index in [1.807, 2.05) is 24.3 Å². The van der Waals surface area contributed by atoms with Gasteiger partial charge in [-0.3, -0.25) is 4.90 Å². The van der Waals surface area contributed by atoms with Crippen LogP contribution in [0.4, 0.5) is 0 Å². The average molecular weight is 265 g/mol. The molecule has 0 aliphatic carbocycles. The van der Waals surface area contributed by atoms with Gasteiger partial charge in [-0.15, -0.1) is 0 Å². The lowest BCUT2D eigenvalue weighted by Crippen LogP contribution is -2.32. The molecule has 0 radical (unpaired) electrons. The Bertz CT molecular complexity index is 444. The van der Waals surface area contributed by atoms with Crippen molar-refractivity contribution in [2.75, 3.05) is 13.1 Å². The van der Waals surface area contributed by atoms with Crippen molar-refractivity contribution in [2.45, 2.75) is 31.9 Å². The summed E-state index contributed by atoms with van der Waals surface area (Å²) in [7, 11) is 0. The first-order chi connectivity index (χ1) is 8.70. The summed E-state index contributed by atoms with van der Waals surface area (Å²) in [6.45, 7) is 3.94. The van der Waals surface area contributed by atoms with Crippen LogP contribution in [0.1, 0.15) is 19.8 Å². The van der Waals surface area contributed by atoms with Crippen LogP contribution in [0.25, 0.3) is 0 Å². The summed E-state index contributed by atoms with van der Waals surface area (Å²) in [4.78, 5) is 2.30. The van der Waals surface area contributed by atoms with Gasteiger partial charge in [-0.2, -0.15) is 5.26 Å². The van der Waals surface area contributed by atoms with Crippen molar-refractivity contribution in [3.63, 3.8) is 0 Å². The third kappa shape index (κ3) is 3.16. The Morgan fingerprint density at radius 2 is 2.33 bits per heavy atom. The molecule has 4 heteroatoms. The second-order valence-electron chi connectivity index (χ2n) is 4.67. The minimum atomic E-state index is 0.172. The van der Waals surface area contributed by atoms with Crippen LogP contribution in [-0.2, 0) is 0 Å². The summed E-state index contributed by atoms with van der Waals surface area (Å²) in [5, 5.41) is 9.36. The molecule has 1 fully saturated rings. The Morgan fingerprint density at radius 3 is 3.06 bits per heavy atom. The van der Waals surface area contributed by atoms with Crippen LogP contribution >= 0.6 is 11.6 Å². The second kappa shape index (κ2) is 6.08. The fraction of sp³-hybridized carbons (Fsp3) is 0.500. The fourth-order valence-corrected chi connectivity index (χ4v) is 2.41. The quantitative estimate of drug-likeness (QED) is 0.838. The number of hydrogen-bond donors (Lipinski definition) is 0. The Hall–Kier alpha value is -1.24. The Labute approximate surface area is 113 Å². The van der Waals surface area contributed by atoms with E-state index in [1.54, 1.807) is 0 Å². The van der Waals surface area contributed by atoms with Crippen LogP contribution in [0, 0.1) is 11.3 Å². The van der Waals surface area contributed by atoms with Crippen LogP contribution in [0.3, 0.4) is 0 Å². The van der Waals surface area contributed by atoms with Gasteiger partial charge in [0, 0.05) is 19.1 Å². The molecule has 1 saturated heterocycles. The van der Waals surface area contributed by atoms with E-state index in [4.69, 9.17) is 21.6 Å². The smallest absolute Gasteiger partial charge is 0.138 e. The number of hydrogen-bond acceptors (Lipinski definition) is 3. The van der Waals surface area contributed by atoms with E-state index in [0.29, 0.717) is 17.5 Å². The molecule has 0 bridgehead atoms. The van der Waals surface area contributed by atoms with Crippen molar-refractivity contribution in [1.82, 2.24) is 4.90 Å². The molecule has 1 aromatic rings. The zero-order valence-corrected chi connectivity index (χ0v) is 11.2. The van der Waals surface area contributed by atoms with E-state index < -0.39 is 0 Å². The molecule has 0 spiro atoms. The number of nitriles is 1. The molecule has 2 atom stereocenters. The minimum absolute atomic E-state index is 0.172. The molecule has 0 N–H and O–H groups in total. The molecular weight excluding hydrogens is 248 g/mol. The van der Waals surface area contributed by atoms with Crippen molar-refractivity contribution < 1.29 is 4.74 Å². The summed E-state index contributed by atoms with van der Waals surface area (Å²) in [6.07, 6.45) is 1.73. The molecule has 1 heterocycles. The van der Waals surface area contributed by atoms with Crippen molar-refractivity contribution >= 4 is 11.6 Å². The van der Waals surface area contributed by atoms with Crippen LogP contribution in [0.2, 0.25) is 5.02 Å². The monoisotopic (exact) mass is 264 g/mol. The lowest BCUT2D eigenvalue weighted by molar-refractivity contribution is 0.183. The van der Waals surface area contributed by atoms with Gasteiger partial charge in [-0.1, -0.05) is 23.7 Å². The van der Waals surface area contributed by atoms with Gasteiger partial charge in [-0.05, 0) is 25.5 Å². The maximum Gasteiger partial charge on any atom is 0.138 e. The molecular formula is C14H17ClN2O. The molecule has 0 saturated carbocycles. The van der Waals surface area contributed by atoms with Crippen molar-refractivity contribution in [1.29, 1.82) is 5.26 Å². The molecule has 1 aliphatic rings. The molecule has 1 aliphatic heterocycles. The molecule has 2 rings (SSSR count). The van der Waals surface area contributed by atoms with E-state index in [0.717, 1.165) is 25.3 Å². The lowest BCUT2D eigenvalue weighted by atomic mass is 10.2. The zero-order chi connectivity index (χ0) is 13.0. The number of likely N-dealkylation sites (tertiary alicyclic amines) is 1. The Kier molecular flexibility index (Phi) is 4.46. The van der Waals surface area contributed by atoms with Crippen molar-refractivity contribution in [3.8, 4) is 11.8 Å². The van der Waals surface area contributed by atoms with Gasteiger partial charge < -0.3 is 4.74 Å². The first-order valence-corrected chi connectivity index (χ1v) is 6.60. The van der Waals surface area contributed by atoms with Gasteiger partial charge >= 0.3 is 0 Å². The molecule has 0 unspecified atom stereocenters. The topological polar surface area (TPSA) is 36.3 Å². The molecule has 0 amide bonds. The predicted octanol–water partition coefficient (Wildman–Crippen LogP) is 3.10. The van der Waals surface area contributed by atoms with Gasteiger partial charge in [-0.25, -0.2) is 0 Å². The number of benzene rings is 1. The number of rotatable bonds is 4. The number of ether oxygens (including phenoxy) is 1. The highest BCUT2D eigenvalue weighted by atomic mass is 35.5. The number of para-hydroxylation sites is 1. The number of halogens is 1. The van der Waals surface area contributed by atoms with E-state index in [2.05, 4.69) is 17.9 Å². The summed E-state index contributed by atoms with van der Waals surface area (Å²) in [6, 6.07) is 10.1. The SMILES string of the molecule is C[C@@H](CC#N)N1CC[C@@H](Oc2ccccc2Cl)C1. The fourth-order valence-electron chi connectivity index (χ4n) is 2.23. The highest BCUT2D eigenvalue weighted by Gasteiger charge is 2.27. The highest BCUT2D eigenvalue weighted by molar-refractivity contribution is 6.32. The molecule has 3 nitrogen and oxygen atoms in total. The van der Waals surface area contributed by atoms with Crippen LogP contribution in [0.5, 0.6) is 5.75 Å². The maximum atomic E-state index is 8.71. The third-order valence-electron chi connectivity index (χ3n) is 3.32. The molecule has 18 heavy (non-hydrogen) atoms. The molecule has 1 aromatic carbocycles. The molecule has 96 valence electrons. The Balaban J connectivity index is 1.90. The van der Waals surface area contributed by atoms with Gasteiger partial charge in [0.25, 0.3) is 0 Å². The second-order valence-corrected chi connectivity index (χ2v) is 5.07. The average Bonchev–Trinajstić information content (AvgIpc) is 2.81. The summed E-state index contributed by atoms with van der Waals surface area (Å²) < 4.78 is 5.91. The standard InChI is InChI=1S/C14H17ClN2O/c1-11(6-8-16)17-9-7-12(10-17)18-14-5-3-2-4-13(14)15/h2-5,11-12H,6-7,9-10H2,1H3/t11-,12+/m0/s1. The summed E-state index contributed by atoms with van der Waals surface area (Å²) in [5.41, 5.74) is 0. The largest absolute Gasteiger partial charge is 0.487 e. The third-order valence-corrected chi connectivity index (χ3v) is 3.63. The predicted molar refractivity (Wildman–Crippen MR) is 71.8 cm³/mol.